The minimum absolute atomic E-state index is 0.143. The van der Waals surface area contributed by atoms with Crippen LogP contribution in [0.25, 0.3) is 0 Å². The van der Waals surface area contributed by atoms with E-state index in [2.05, 4.69) is 12.2 Å². The molecule has 3 heteroatoms. The van der Waals surface area contributed by atoms with Crippen LogP contribution in [-0.2, 0) is 9.84 Å². The maximum atomic E-state index is 9.87. The molecular weight excluding hydrogens is 130 g/mol. The first-order valence-corrected chi connectivity index (χ1v) is 3.78. The standard InChI is InChI=1S/C7H16NO2/c1-2-3-4-8-7-10-6-5-9/h8H,2-7H2,1H3. The van der Waals surface area contributed by atoms with Crippen LogP contribution in [0.4, 0.5) is 0 Å². The van der Waals surface area contributed by atoms with Crippen LogP contribution in [0.15, 0.2) is 0 Å². The van der Waals surface area contributed by atoms with E-state index in [-0.39, 0.29) is 6.61 Å². The first-order chi connectivity index (χ1) is 4.91. The minimum Gasteiger partial charge on any atom is -0.364 e. The van der Waals surface area contributed by atoms with Gasteiger partial charge in [-0.25, -0.2) is 5.11 Å². The fourth-order valence-corrected chi connectivity index (χ4v) is 0.577. The predicted molar refractivity (Wildman–Crippen MR) is 39.3 cm³/mol. The molecule has 0 amide bonds. The van der Waals surface area contributed by atoms with Crippen molar-refractivity contribution in [1.29, 1.82) is 0 Å². The molecule has 0 rings (SSSR count). The van der Waals surface area contributed by atoms with Crippen molar-refractivity contribution < 1.29 is 9.84 Å². The summed E-state index contributed by atoms with van der Waals surface area (Å²) < 4.78 is 4.91. The van der Waals surface area contributed by atoms with Gasteiger partial charge in [-0.05, 0) is 13.0 Å². The van der Waals surface area contributed by atoms with E-state index in [1.807, 2.05) is 0 Å². The zero-order valence-electron chi connectivity index (χ0n) is 6.56. The second-order valence-corrected chi connectivity index (χ2v) is 2.11. The van der Waals surface area contributed by atoms with Gasteiger partial charge in [0.1, 0.15) is 6.61 Å². The Kier molecular flexibility index (Phi) is 8.77. The third-order valence-corrected chi connectivity index (χ3v) is 1.14. The highest BCUT2D eigenvalue weighted by atomic mass is 16.5. The summed E-state index contributed by atoms with van der Waals surface area (Å²) in [4.78, 5) is 0. The van der Waals surface area contributed by atoms with E-state index < -0.39 is 0 Å². The van der Waals surface area contributed by atoms with Gasteiger partial charge < -0.3 is 4.74 Å². The molecule has 0 spiro atoms. The number of hydrogen-bond donors (Lipinski definition) is 1. The van der Waals surface area contributed by atoms with E-state index in [1.54, 1.807) is 0 Å². The monoisotopic (exact) mass is 146 g/mol. The van der Waals surface area contributed by atoms with Gasteiger partial charge in [-0.3, -0.25) is 5.32 Å². The van der Waals surface area contributed by atoms with Gasteiger partial charge >= 0.3 is 0 Å². The molecule has 0 aromatic rings. The highest BCUT2D eigenvalue weighted by molar-refractivity contribution is 4.38. The van der Waals surface area contributed by atoms with Crippen molar-refractivity contribution in [3.63, 3.8) is 0 Å². The van der Waals surface area contributed by atoms with E-state index in [0.29, 0.717) is 13.3 Å². The number of unbranched alkanes of at least 4 members (excludes halogenated alkanes) is 1. The van der Waals surface area contributed by atoms with Gasteiger partial charge in [-0.2, -0.15) is 0 Å². The third kappa shape index (κ3) is 7.88. The molecule has 0 heterocycles. The predicted octanol–water partition coefficient (Wildman–Crippen LogP) is 0.781. The van der Waals surface area contributed by atoms with Gasteiger partial charge in [0.2, 0.25) is 0 Å². The zero-order chi connectivity index (χ0) is 7.66. The first-order valence-electron chi connectivity index (χ1n) is 3.78. The van der Waals surface area contributed by atoms with E-state index in [4.69, 9.17) is 4.74 Å². The quantitative estimate of drug-likeness (QED) is 0.426. The van der Waals surface area contributed by atoms with Crippen LogP contribution in [0.5, 0.6) is 0 Å². The molecule has 0 aliphatic rings. The molecule has 3 nitrogen and oxygen atoms in total. The number of ether oxygens (including phenoxy) is 1. The van der Waals surface area contributed by atoms with Gasteiger partial charge in [0.05, 0.1) is 13.3 Å². The normalized spacial score (nSPS) is 10.2. The summed E-state index contributed by atoms with van der Waals surface area (Å²) >= 11 is 0. The van der Waals surface area contributed by atoms with E-state index in [9.17, 15) is 5.11 Å². The Morgan fingerprint density at radius 3 is 2.90 bits per heavy atom. The van der Waals surface area contributed by atoms with Crippen LogP contribution in [0.2, 0.25) is 0 Å². The Morgan fingerprint density at radius 1 is 1.50 bits per heavy atom. The molecule has 0 aliphatic heterocycles. The molecule has 0 atom stereocenters. The van der Waals surface area contributed by atoms with E-state index >= 15 is 0 Å². The highest BCUT2D eigenvalue weighted by Crippen LogP contribution is 1.81. The smallest absolute Gasteiger partial charge is 0.106 e. The topological polar surface area (TPSA) is 41.2 Å². The van der Waals surface area contributed by atoms with Crippen LogP contribution < -0.4 is 5.32 Å². The maximum absolute atomic E-state index is 9.87. The first kappa shape index (κ1) is 9.88. The minimum atomic E-state index is -0.143. The van der Waals surface area contributed by atoms with Crippen molar-refractivity contribution in [3.05, 3.63) is 0 Å². The fourth-order valence-electron chi connectivity index (χ4n) is 0.577. The fraction of sp³-hybridized carbons (Fsp3) is 1.00. The number of hydrogen-bond acceptors (Lipinski definition) is 2. The molecule has 0 aliphatic carbocycles. The second kappa shape index (κ2) is 8.88. The van der Waals surface area contributed by atoms with E-state index in [1.165, 1.54) is 12.8 Å². The summed E-state index contributed by atoms with van der Waals surface area (Å²) in [5.41, 5.74) is 0. The van der Waals surface area contributed by atoms with E-state index in [0.717, 1.165) is 6.54 Å². The average molecular weight is 146 g/mol. The average Bonchev–Trinajstić information content (AvgIpc) is 1.97. The van der Waals surface area contributed by atoms with Crippen molar-refractivity contribution >= 4 is 0 Å². The molecule has 0 unspecified atom stereocenters. The largest absolute Gasteiger partial charge is 0.364 e. The van der Waals surface area contributed by atoms with Crippen molar-refractivity contribution in [3.8, 4) is 0 Å². The lowest BCUT2D eigenvalue weighted by atomic mass is 10.3. The second-order valence-electron chi connectivity index (χ2n) is 2.11. The Morgan fingerprint density at radius 2 is 2.30 bits per heavy atom. The zero-order valence-corrected chi connectivity index (χ0v) is 6.56. The molecule has 0 saturated carbocycles. The molecular formula is C7H16NO2. The Labute approximate surface area is 62.4 Å². The van der Waals surface area contributed by atoms with Crippen LogP contribution in [0, 0.1) is 0 Å². The van der Waals surface area contributed by atoms with Crippen LogP contribution in [0.1, 0.15) is 19.8 Å². The summed E-state index contributed by atoms with van der Waals surface area (Å²) in [5, 5.41) is 12.9. The lowest BCUT2D eigenvalue weighted by Crippen LogP contribution is -2.19. The summed E-state index contributed by atoms with van der Waals surface area (Å²) in [6.45, 7) is 3.81. The van der Waals surface area contributed by atoms with Gasteiger partial charge in [0.25, 0.3) is 0 Å². The van der Waals surface area contributed by atoms with Crippen molar-refractivity contribution in [2.75, 3.05) is 26.5 Å². The SMILES string of the molecule is CCCCNCOCC[O]. The molecule has 61 valence electrons. The van der Waals surface area contributed by atoms with Crippen molar-refractivity contribution in [2.45, 2.75) is 19.8 Å². The van der Waals surface area contributed by atoms with Gasteiger partial charge in [0.15, 0.2) is 0 Å². The highest BCUT2D eigenvalue weighted by Gasteiger charge is 1.85. The lowest BCUT2D eigenvalue weighted by Gasteiger charge is -2.02. The molecule has 0 bridgehead atoms. The molecule has 0 aromatic heterocycles. The summed E-state index contributed by atoms with van der Waals surface area (Å²) in [7, 11) is 0. The lowest BCUT2D eigenvalue weighted by molar-refractivity contribution is 0.0545. The van der Waals surface area contributed by atoms with Gasteiger partial charge in [-0.15, -0.1) is 0 Å². The van der Waals surface area contributed by atoms with Crippen LogP contribution in [0.3, 0.4) is 0 Å². The molecule has 1 radical (unpaired) electrons. The summed E-state index contributed by atoms with van der Waals surface area (Å²) in [6.07, 6.45) is 2.36. The van der Waals surface area contributed by atoms with Crippen molar-refractivity contribution in [1.82, 2.24) is 5.32 Å². The molecule has 0 saturated heterocycles. The number of rotatable bonds is 7. The molecule has 0 fully saturated rings. The summed E-state index contributed by atoms with van der Waals surface area (Å²) in [6, 6.07) is 0. The third-order valence-electron chi connectivity index (χ3n) is 1.14. The van der Waals surface area contributed by atoms with Crippen LogP contribution >= 0.6 is 0 Å². The Balaban J connectivity index is 2.65. The van der Waals surface area contributed by atoms with Crippen molar-refractivity contribution in [2.24, 2.45) is 0 Å². The molecule has 0 aromatic carbocycles. The summed E-state index contributed by atoms with van der Waals surface area (Å²) in [5.74, 6) is 0. The Hall–Kier alpha value is -0.120. The van der Waals surface area contributed by atoms with Crippen LogP contribution in [-0.4, -0.2) is 26.5 Å². The molecule has 1 N–H and O–H groups in total. The Bertz CT molecular complexity index is 51.6. The number of nitrogens with one attached hydrogen (secondary N) is 1. The van der Waals surface area contributed by atoms with Gasteiger partial charge in [-0.1, -0.05) is 13.3 Å². The molecule has 10 heavy (non-hydrogen) atoms. The maximum Gasteiger partial charge on any atom is 0.106 e. The van der Waals surface area contributed by atoms with Gasteiger partial charge in [0, 0.05) is 0 Å².